The first-order chi connectivity index (χ1) is 9.21. The minimum absolute atomic E-state index is 0.0342. The molecule has 7 heteroatoms. The minimum atomic E-state index is -3.01. The molecule has 1 aliphatic rings. The minimum Gasteiger partial charge on any atom is -0.354 e. The molecule has 0 aliphatic carbocycles. The summed E-state index contributed by atoms with van der Waals surface area (Å²) in [6, 6.07) is -0.250. The molecule has 0 saturated carbocycles. The van der Waals surface area contributed by atoms with Crippen LogP contribution in [-0.2, 0) is 19.4 Å². The van der Waals surface area contributed by atoms with Gasteiger partial charge in [-0.25, -0.2) is 8.42 Å². The molecule has 1 aliphatic heterocycles. The number of amides is 2. The zero-order chi connectivity index (χ0) is 15.3. The van der Waals surface area contributed by atoms with Crippen LogP contribution in [0.4, 0.5) is 0 Å². The van der Waals surface area contributed by atoms with Gasteiger partial charge in [0, 0.05) is 32.5 Å². The molecule has 6 nitrogen and oxygen atoms in total. The van der Waals surface area contributed by atoms with Crippen LogP contribution >= 0.6 is 0 Å². The van der Waals surface area contributed by atoms with Crippen molar-refractivity contribution >= 4 is 21.7 Å². The van der Waals surface area contributed by atoms with Gasteiger partial charge in [-0.1, -0.05) is 13.8 Å². The second kappa shape index (κ2) is 7.06. The van der Waals surface area contributed by atoms with Crippen molar-refractivity contribution in [2.24, 2.45) is 5.92 Å². The number of nitrogens with zero attached hydrogens (tertiary/aromatic N) is 1. The van der Waals surface area contributed by atoms with Gasteiger partial charge in [-0.2, -0.15) is 0 Å². The Morgan fingerprint density at radius 2 is 2.00 bits per heavy atom. The van der Waals surface area contributed by atoms with E-state index in [0.29, 0.717) is 31.8 Å². The largest absolute Gasteiger partial charge is 0.354 e. The van der Waals surface area contributed by atoms with Crippen LogP contribution in [0.3, 0.4) is 0 Å². The van der Waals surface area contributed by atoms with E-state index in [2.05, 4.69) is 5.32 Å². The van der Waals surface area contributed by atoms with Gasteiger partial charge in [0.05, 0.1) is 11.5 Å². The first-order valence-corrected chi connectivity index (χ1v) is 8.77. The lowest BCUT2D eigenvalue weighted by Crippen LogP contribution is -2.44. The third-order valence-corrected chi connectivity index (χ3v) is 5.07. The molecule has 20 heavy (non-hydrogen) atoms. The zero-order valence-corrected chi connectivity index (χ0v) is 13.2. The molecule has 116 valence electrons. The number of rotatable bonds is 6. The number of nitrogens with one attached hydrogen (secondary N) is 1. The van der Waals surface area contributed by atoms with Crippen molar-refractivity contribution in [2.75, 3.05) is 24.6 Å². The van der Waals surface area contributed by atoms with E-state index < -0.39 is 9.84 Å². The molecule has 0 radical (unpaired) electrons. The van der Waals surface area contributed by atoms with E-state index in [1.807, 2.05) is 13.8 Å². The van der Waals surface area contributed by atoms with Crippen molar-refractivity contribution in [1.82, 2.24) is 10.2 Å². The molecule has 1 unspecified atom stereocenters. The maximum absolute atomic E-state index is 11.6. The second-order valence-corrected chi connectivity index (χ2v) is 7.95. The highest BCUT2D eigenvalue weighted by Crippen LogP contribution is 2.17. The molecule has 0 bridgehead atoms. The van der Waals surface area contributed by atoms with E-state index in [0.717, 1.165) is 0 Å². The Bertz CT molecular complexity index is 459. The molecular weight excluding hydrogens is 280 g/mol. The average Bonchev–Trinajstić information content (AvgIpc) is 2.63. The summed E-state index contributed by atoms with van der Waals surface area (Å²) in [7, 11) is -3.01. The number of hydrogen-bond donors (Lipinski definition) is 1. The van der Waals surface area contributed by atoms with Crippen LogP contribution in [0.15, 0.2) is 0 Å². The van der Waals surface area contributed by atoms with Gasteiger partial charge in [0.2, 0.25) is 11.8 Å². The lowest BCUT2D eigenvalue weighted by molar-refractivity contribution is -0.131. The standard InChI is InChI=1S/C13H24N2O4S/c1-10(2)8-13(17)14-5-6-15(11(3)16)12-4-7-20(18,19)9-12/h10,12H,4-9H2,1-3H3,(H,14,17). The van der Waals surface area contributed by atoms with Gasteiger partial charge in [0.15, 0.2) is 9.84 Å². The van der Waals surface area contributed by atoms with Crippen molar-refractivity contribution in [3.05, 3.63) is 0 Å². The van der Waals surface area contributed by atoms with E-state index in [1.165, 1.54) is 6.92 Å². The summed E-state index contributed by atoms with van der Waals surface area (Å²) in [6.07, 6.45) is 0.944. The Labute approximate surface area is 120 Å². The van der Waals surface area contributed by atoms with Gasteiger partial charge >= 0.3 is 0 Å². The SMILES string of the molecule is CC(=O)N(CCNC(=O)CC(C)C)C1CCS(=O)(=O)C1. The first-order valence-electron chi connectivity index (χ1n) is 6.95. The second-order valence-electron chi connectivity index (χ2n) is 5.72. The van der Waals surface area contributed by atoms with E-state index in [-0.39, 0.29) is 29.4 Å². The molecule has 0 aromatic carbocycles. The predicted molar refractivity (Wildman–Crippen MR) is 76.9 cm³/mol. The van der Waals surface area contributed by atoms with E-state index in [4.69, 9.17) is 0 Å². The number of carbonyl (C=O) groups is 2. The van der Waals surface area contributed by atoms with E-state index in [1.54, 1.807) is 4.90 Å². The van der Waals surface area contributed by atoms with Crippen molar-refractivity contribution in [2.45, 2.75) is 39.7 Å². The average molecular weight is 304 g/mol. The fourth-order valence-corrected chi connectivity index (χ4v) is 4.11. The highest BCUT2D eigenvalue weighted by molar-refractivity contribution is 7.91. The molecule has 0 spiro atoms. The Balaban J connectivity index is 2.45. The fraction of sp³-hybridized carbons (Fsp3) is 0.846. The van der Waals surface area contributed by atoms with Gasteiger partial charge in [-0.15, -0.1) is 0 Å². The molecule has 1 heterocycles. The number of sulfone groups is 1. The van der Waals surface area contributed by atoms with Crippen LogP contribution in [0.5, 0.6) is 0 Å². The van der Waals surface area contributed by atoms with Gasteiger partial charge in [-0.3, -0.25) is 9.59 Å². The monoisotopic (exact) mass is 304 g/mol. The summed E-state index contributed by atoms with van der Waals surface area (Å²) in [6.45, 7) is 6.08. The number of hydrogen-bond acceptors (Lipinski definition) is 4. The third kappa shape index (κ3) is 5.48. The van der Waals surface area contributed by atoms with Crippen LogP contribution in [0.1, 0.15) is 33.6 Å². The molecule has 1 fully saturated rings. The van der Waals surface area contributed by atoms with Gasteiger partial charge in [0.25, 0.3) is 0 Å². The smallest absolute Gasteiger partial charge is 0.220 e. The van der Waals surface area contributed by atoms with Crippen molar-refractivity contribution < 1.29 is 18.0 Å². The fourth-order valence-electron chi connectivity index (χ4n) is 2.38. The first kappa shape index (κ1) is 16.9. The normalized spacial score (nSPS) is 20.9. The summed E-state index contributed by atoms with van der Waals surface area (Å²) >= 11 is 0. The Morgan fingerprint density at radius 3 is 2.45 bits per heavy atom. The van der Waals surface area contributed by atoms with Crippen molar-refractivity contribution in [1.29, 1.82) is 0 Å². The van der Waals surface area contributed by atoms with Gasteiger partial charge < -0.3 is 10.2 Å². The van der Waals surface area contributed by atoms with E-state index >= 15 is 0 Å². The van der Waals surface area contributed by atoms with Gasteiger partial charge in [0.1, 0.15) is 0 Å². The van der Waals surface area contributed by atoms with Crippen LogP contribution in [0.25, 0.3) is 0 Å². The maximum Gasteiger partial charge on any atom is 0.220 e. The quantitative estimate of drug-likeness (QED) is 0.759. The Morgan fingerprint density at radius 1 is 1.35 bits per heavy atom. The lowest BCUT2D eigenvalue weighted by Gasteiger charge is -2.27. The summed E-state index contributed by atoms with van der Waals surface area (Å²) in [5.41, 5.74) is 0. The molecule has 1 saturated heterocycles. The summed E-state index contributed by atoms with van der Waals surface area (Å²) in [4.78, 5) is 24.7. The summed E-state index contributed by atoms with van der Waals surface area (Å²) in [5.74, 6) is 0.278. The molecule has 2 amide bonds. The Hall–Kier alpha value is -1.11. The lowest BCUT2D eigenvalue weighted by atomic mass is 10.1. The van der Waals surface area contributed by atoms with Gasteiger partial charge in [-0.05, 0) is 12.3 Å². The summed E-state index contributed by atoms with van der Waals surface area (Å²) in [5, 5.41) is 2.76. The molecule has 1 atom stereocenters. The zero-order valence-electron chi connectivity index (χ0n) is 12.4. The number of carbonyl (C=O) groups excluding carboxylic acids is 2. The topological polar surface area (TPSA) is 83.6 Å². The molecular formula is C13H24N2O4S. The molecule has 1 rings (SSSR count). The van der Waals surface area contributed by atoms with Crippen LogP contribution in [0.2, 0.25) is 0 Å². The molecule has 1 N–H and O–H groups in total. The molecule has 0 aromatic rings. The highest BCUT2D eigenvalue weighted by Gasteiger charge is 2.33. The van der Waals surface area contributed by atoms with Crippen LogP contribution in [0, 0.1) is 5.92 Å². The van der Waals surface area contributed by atoms with Crippen LogP contribution < -0.4 is 5.32 Å². The Kier molecular flexibility index (Phi) is 5.98. The van der Waals surface area contributed by atoms with Crippen molar-refractivity contribution in [3.8, 4) is 0 Å². The summed E-state index contributed by atoms with van der Waals surface area (Å²) < 4.78 is 22.9. The predicted octanol–water partition coefficient (Wildman–Crippen LogP) is 0.184. The highest BCUT2D eigenvalue weighted by atomic mass is 32.2. The third-order valence-electron chi connectivity index (χ3n) is 3.32. The molecule has 0 aromatic heterocycles. The van der Waals surface area contributed by atoms with Crippen LogP contribution in [-0.4, -0.2) is 55.8 Å². The van der Waals surface area contributed by atoms with Crippen molar-refractivity contribution in [3.63, 3.8) is 0 Å². The van der Waals surface area contributed by atoms with E-state index in [9.17, 15) is 18.0 Å². The maximum atomic E-state index is 11.6.